The summed E-state index contributed by atoms with van der Waals surface area (Å²) in [4.78, 5) is 22.5. The molecule has 5 nitrogen and oxygen atoms in total. The molecular formula is C15H21NO4. The van der Waals surface area contributed by atoms with Crippen LogP contribution in [0.1, 0.15) is 38.8 Å². The minimum Gasteiger partial charge on any atom is -0.481 e. The van der Waals surface area contributed by atoms with Gasteiger partial charge in [-0.1, -0.05) is 30.3 Å². The highest BCUT2D eigenvalue weighted by molar-refractivity contribution is 5.72. The van der Waals surface area contributed by atoms with Crippen molar-refractivity contribution in [3.8, 4) is 0 Å². The minimum atomic E-state index is -0.921. The van der Waals surface area contributed by atoms with Gasteiger partial charge in [0, 0.05) is 6.04 Å². The molecule has 0 saturated carbocycles. The lowest BCUT2D eigenvalue weighted by molar-refractivity contribution is -0.154. The maximum absolute atomic E-state index is 11.6. The second-order valence-corrected chi connectivity index (χ2v) is 5.53. The Labute approximate surface area is 118 Å². The second-order valence-electron chi connectivity index (χ2n) is 5.53. The number of aliphatic carboxylic acids is 1. The van der Waals surface area contributed by atoms with Gasteiger partial charge in [0.15, 0.2) is 0 Å². The zero-order chi connectivity index (χ0) is 15.2. The van der Waals surface area contributed by atoms with Crippen LogP contribution in [-0.2, 0) is 14.3 Å². The summed E-state index contributed by atoms with van der Waals surface area (Å²) in [7, 11) is 0. The molecule has 0 aliphatic carbocycles. The van der Waals surface area contributed by atoms with E-state index in [2.05, 4.69) is 5.32 Å². The Hall–Kier alpha value is -1.88. The van der Waals surface area contributed by atoms with Gasteiger partial charge in [0.05, 0.1) is 13.0 Å². The summed E-state index contributed by atoms with van der Waals surface area (Å²) >= 11 is 0. The van der Waals surface area contributed by atoms with Crippen LogP contribution in [0.4, 0.5) is 0 Å². The molecule has 20 heavy (non-hydrogen) atoms. The van der Waals surface area contributed by atoms with Crippen molar-refractivity contribution in [3.05, 3.63) is 35.9 Å². The van der Waals surface area contributed by atoms with E-state index in [1.54, 1.807) is 20.8 Å². The van der Waals surface area contributed by atoms with Crippen molar-refractivity contribution in [1.82, 2.24) is 5.32 Å². The molecule has 0 heterocycles. The molecule has 2 N–H and O–H groups in total. The van der Waals surface area contributed by atoms with Crippen LogP contribution < -0.4 is 5.32 Å². The van der Waals surface area contributed by atoms with E-state index in [0.717, 1.165) is 5.56 Å². The van der Waals surface area contributed by atoms with Gasteiger partial charge >= 0.3 is 11.9 Å². The Morgan fingerprint density at radius 1 is 1.25 bits per heavy atom. The molecule has 0 amide bonds. The Morgan fingerprint density at radius 2 is 1.85 bits per heavy atom. The number of carboxylic acids is 1. The van der Waals surface area contributed by atoms with E-state index in [9.17, 15) is 9.59 Å². The molecule has 110 valence electrons. The zero-order valence-electron chi connectivity index (χ0n) is 12.1. The Bertz CT molecular complexity index is 451. The number of carbonyl (C=O) groups is 2. The first-order valence-corrected chi connectivity index (χ1v) is 6.50. The second kappa shape index (κ2) is 7.05. The summed E-state index contributed by atoms with van der Waals surface area (Å²) in [5.41, 5.74) is 0.284. The van der Waals surface area contributed by atoms with Crippen LogP contribution in [0.3, 0.4) is 0 Å². The Morgan fingerprint density at radius 3 is 2.35 bits per heavy atom. The number of rotatable bonds is 6. The largest absolute Gasteiger partial charge is 0.481 e. The molecule has 0 fully saturated rings. The van der Waals surface area contributed by atoms with Crippen LogP contribution >= 0.6 is 0 Å². The molecule has 0 unspecified atom stereocenters. The maximum atomic E-state index is 11.6. The van der Waals surface area contributed by atoms with Gasteiger partial charge < -0.3 is 9.84 Å². The molecule has 1 rings (SSSR count). The summed E-state index contributed by atoms with van der Waals surface area (Å²) in [5.74, 6) is -1.32. The average molecular weight is 279 g/mol. The molecule has 0 spiro atoms. The maximum Gasteiger partial charge on any atom is 0.320 e. The van der Waals surface area contributed by atoms with Gasteiger partial charge in [0.1, 0.15) is 5.60 Å². The fourth-order valence-corrected chi connectivity index (χ4v) is 1.75. The van der Waals surface area contributed by atoms with Crippen LogP contribution in [0.5, 0.6) is 0 Å². The van der Waals surface area contributed by atoms with Gasteiger partial charge in [0.25, 0.3) is 0 Å². The summed E-state index contributed by atoms with van der Waals surface area (Å²) in [6.45, 7) is 5.34. The molecule has 0 aromatic heterocycles. The molecule has 0 radical (unpaired) electrons. The first-order valence-electron chi connectivity index (χ1n) is 6.50. The molecule has 1 atom stereocenters. The van der Waals surface area contributed by atoms with Gasteiger partial charge in [-0.15, -0.1) is 0 Å². The van der Waals surface area contributed by atoms with E-state index in [0.29, 0.717) is 0 Å². The molecule has 1 aromatic carbocycles. The fourth-order valence-electron chi connectivity index (χ4n) is 1.75. The van der Waals surface area contributed by atoms with Gasteiger partial charge in [-0.05, 0) is 26.3 Å². The standard InChI is InChI=1S/C15H21NO4/c1-15(2,3)20-14(19)10-16-12(9-13(17)18)11-7-5-4-6-8-11/h4-8,12,16H,9-10H2,1-3H3,(H,17,18)/t12-/m1/s1. The van der Waals surface area contributed by atoms with Crippen LogP contribution in [0.25, 0.3) is 0 Å². The van der Waals surface area contributed by atoms with E-state index < -0.39 is 23.6 Å². The van der Waals surface area contributed by atoms with Crippen molar-refractivity contribution < 1.29 is 19.4 Å². The highest BCUT2D eigenvalue weighted by atomic mass is 16.6. The number of nitrogens with one attached hydrogen (secondary N) is 1. The van der Waals surface area contributed by atoms with Crippen LogP contribution in [-0.4, -0.2) is 29.2 Å². The number of benzene rings is 1. The topological polar surface area (TPSA) is 75.6 Å². The summed E-state index contributed by atoms with van der Waals surface area (Å²) in [5, 5.41) is 11.9. The molecule has 1 aromatic rings. The number of carboxylic acid groups (broad SMARTS) is 1. The van der Waals surface area contributed by atoms with Crippen molar-refractivity contribution in [1.29, 1.82) is 0 Å². The quantitative estimate of drug-likeness (QED) is 0.780. The Balaban J connectivity index is 2.63. The van der Waals surface area contributed by atoms with Crippen LogP contribution in [0.2, 0.25) is 0 Å². The highest BCUT2D eigenvalue weighted by Gasteiger charge is 2.19. The van der Waals surface area contributed by atoms with Gasteiger partial charge in [0.2, 0.25) is 0 Å². The first kappa shape index (κ1) is 16.2. The molecule has 5 heteroatoms. The highest BCUT2D eigenvalue weighted by Crippen LogP contribution is 2.16. The molecule has 0 bridgehead atoms. The predicted octanol–water partition coefficient (Wildman–Crippen LogP) is 2.13. The lowest BCUT2D eigenvalue weighted by Crippen LogP contribution is -2.34. The number of ether oxygens (including phenoxy) is 1. The fraction of sp³-hybridized carbons (Fsp3) is 0.467. The normalized spacial score (nSPS) is 12.8. The predicted molar refractivity (Wildman–Crippen MR) is 75.3 cm³/mol. The molecular weight excluding hydrogens is 258 g/mol. The summed E-state index contributed by atoms with van der Waals surface area (Å²) in [6, 6.07) is 8.76. The lowest BCUT2D eigenvalue weighted by atomic mass is 10.0. The van der Waals surface area contributed by atoms with Gasteiger partial charge in [-0.2, -0.15) is 0 Å². The van der Waals surface area contributed by atoms with Crippen molar-refractivity contribution in [3.63, 3.8) is 0 Å². The van der Waals surface area contributed by atoms with Crippen LogP contribution in [0.15, 0.2) is 30.3 Å². The van der Waals surface area contributed by atoms with E-state index in [1.165, 1.54) is 0 Å². The van der Waals surface area contributed by atoms with E-state index in [4.69, 9.17) is 9.84 Å². The molecule has 0 aliphatic heterocycles. The third kappa shape index (κ3) is 6.33. The lowest BCUT2D eigenvalue weighted by Gasteiger charge is -2.21. The smallest absolute Gasteiger partial charge is 0.320 e. The third-order valence-electron chi connectivity index (χ3n) is 2.49. The van der Waals surface area contributed by atoms with E-state index in [1.807, 2.05) is 30.3 Å². The molecule has 0 aliphatic rings. The van der Waals surface area contributed by atoms with E-state index >= 15 is 0 Å². The number of esters is 1. The van der Waals surface area contributed by atoms with Gasteiger partial charge in [-0.3, -0.25) is 14.9 Å². The number of carbonyl (C=O) groups excluding carboxylic acids is 1. The van der Waals surface area contributed by atoms with Crippen LogP contribution in [0, 0.1) is 0 Å². The minimum absolute atomic E-state index is 0.0237. The Kier molecular flexibility index (Phi) is 5.70. The van der Waals surface area contributed by atoms with E-state index in [-0.39, 0.29) is 13.0 Å². The number of hydrogen-bond donors (Lipinski definition) is 2. The summed E-state index contributed by atoms with van der Waals surface area (Å²) < 4.78 is 5.18. The molecule has 0 saturated heterocycles. The SMILES string of the molecule is CC(C)(C)OC(=O)CN[C@H](CC(=O)O)c1ccccc1. The third-order valence-corrected chi connectivity index (χ3v) is 2.49. The number of hydrogen-bond acceptors (Lipinski definition) is 4. The van der Waals surface area contributed by atoms with Crippen molar-refractivity contribution in [2.24, 2.45) is 0 Å². The van der Waals surface area contributed by atoms with Gasteiger partial charge in [-0.25, -0.2) is 0 Å². The summed E-state index contributed by atoms with van der Waals surface area (Å²) in [6.07, 6.45) is -0.0905. The van der Waals surface area contributed by atoms with Crippen molar-refractivity contribution in [2.45, 2.75) is 38.8 Å². The first-order chi connectivity index (χ1) is 9.28. The van der Waals surface area contributed by atoms with Crippen molar-refractivity contribution in [2.75, 3.05) is 6.54 Å². The van der Waals surface area contributed by atoms with Crippen molar-refractivity contribution >= 4 is 11.9 Å². The monoisotopic (exact) mass is 279 g/mol. The average Bonchev–Trinajstić information content (AvgIpc) is 2.33. The zero-order valence-corrected chi connectivity index (χ0v) is 12.1.